The molecule has 0 amide bonds. The summed E-state index contributed by atoms with van der Waals surface area (Å²) in [6.45, 7) is 59.8. The monoisotopic (exact) mass is 1990 g/mol. The van der Waals surface area contributed by atoms with Gasteiger partial charge in [0, 0.05) is 110 Å². The van der Waals surface area contributed by atoms with Crippen LogP contribution in [0.1, 0.15) is 515 Å². The predicted molar refractivity (Wildman–Crippen MR) is 594 cm³/mol. The van der Waals surface area contributed by atoms with Crippen LogP contribution in [-0.4, -0.2) is 174 Å². The first kappa shape index (κ1) is 129. The number of hydrogen-bond donors (Lipinski definition) is 0. The summed E-state index contributed by atoms with van der Waals surface area (Å²) >= 11 is 0. The number of hydrogen-bond acceptors (Lipinski definition) is 18. The molecule has 18 heteroatoms. The van der Waals surface area contributed by atoms with E-state index in [0.717, 1.165) is 290 Å². The summed E-state index contributed by atoms with van der Waals surface area (Å²) in [6, 6.07) is -0.823. The maximum absolute atomic E-state index is 12.7. The van der Waals surface area contributed by atoms with Crippen LogP contribution in [0.5, 0.6) is 0 Å². The molecule has 0 aromatic rings. The van der Waals surface area contributed by atoms with Crippen molar-refractivity contribution in [1.82, 2.24) is 29.4 Å². The fourth-order valence-corrected chi connectivity index (χ4v) is 24.9. The minimum atomic E-state index is -0.143. The van der Waals surface area contributed by atoms with Gasteiger partial charge in [-0.05, 0) is 267 Å². The second kappa shape index (κ2) is 72.6. The molecule has 0 unspecified atom stereocenters. The molecule has 143 heavy (non-hydrogen) atoms. The zero-order valence-electron chi connectivity index (χ0n) is 93.6. The van der Waals surface area contributed by atoms with E-state index in [1.54, 1.807) is 0 Å². The van der Waals surface area contributed by atoms with Gasteiger partial charge in [0.05, 0.1) is 74.8 Å². The van der Waals surface area contributed by atoms with Crippen LogP contribution in [0.3, 0.4) is 0 Å². The van der Waals surface area contributed by atoms with Crippen LogP contribution in [0.15, 0.2) is 73.7 Å². The number of unbranched alkanes of at least 4 members (excludes halogenated alkanes) is 6. The fourth-order valence-electron chi connectivity index (χ4n) is 24.9. The van der Waals surface area contributed by atoms with Gasteiger partial charge in [-0.3, -0.25) is 57.5 Å². The van der Waals surface area contributed by atoms with Gasteiger partial charge in [0.1, 0.15) is 34.7 Å². The van der Waals surface area contributed by atoms with Gasteiger partial charge >= 0.3 is 0 Å². The third-order valence-electron chi connectivity index (χ3n) is 34.4. The highest BCUT2D eigenvalue weighted by molar-refractivity contribution is 6.05. The summed E-state index contributed by atoms with van der Waals surface area (Å²) < 4.78 is 0. The quantitative estimate of drug-likeness (QED) is 0.0516. The molecule has 0 bridgehead atoms. The Hall–Kier alpha value is -6.72. The minimum Gasteiger partial charge on any atom is -0.365 e. The lowest BCUT2D eigenvalue weighted by Crippen LogP contribution is -2.39. The van der Waals surface area contributed by atoms with Crippen molar-refractivity contribution in [3.8, 4) is 0 Å². The fraction of sp³-hybridized carbons (Fsp3) is 0.808. The van der Waals surface area contributed by atoms with Gasteiger partial charge in [0.15, 0.2) is 34.7 Å². The van der Waals surface area contributed by atoms with Crippen molar-refractivity contribution in [3.05, 3.63) is 73.7 Å². The van der Waals surface area contributed by atoms with E-state index in [-0.39, 0.29) is 175 Å². The highest BCUT2D eigenvalue weighted by Gasteiger charge is 2.40. The molecular weight excluding hydrogens is 1780 g/mol. The molecule has 6 saturated heterocycles. The highest BCUT2D eigenvalue weighted by atomic mass is 16.2. The Kier molecular flexibility index (Phi) is 65.3. The topological polar surface area (TPSA) is 224 Å². The van der Waals surface area contributed by atoms with E-state index in [1.165, 1.54) is 167 Å². The van der Waals surface area contributed by atoms with Crippen molar-refractivity contribution in [2.45, 2.75) is 552 Å². The summed E-state index contributed by atoms with van der Waals surface area (Å²) in [7, 11) is 0. The van der Waals surface area contributed by atoms with Gasteiger partial charge < -0.3 is 29.4 Å². The molecule has 816 valence electrons. The second-order valence-corrected chi connectivity index (χ2v) is 44.9. The molecular formula is C125H214N6O12. The lowest BCUT2D eigenvalue weighted by molar-refractivity contribution is -0.133. The van der Waals surface area contributed by atoms with E-state index in [2.05, 4.69) is 124 Å². The maximum Gasteiger partial charge on any atom is 0.162 e. The number of ketones is 12. The van der Waals surface area contributed by atoms with Crippen LogP contribution in [0.25, 0.3) is 0 Å². The van der Waals surface area contributed by atoms with Crippen molar-refractivity contribution in [1.29, 1.82) is 0 Å². The van der Waals surface area contributed by atoms with Gasteiger partial charge in [0.2, 0.25) is 0 Å². The summed E-state index contributed by atoms with van der Waals surface area (Å²) in [6.07, 6.45) is 63.1. The molecule has 0 aromatic heterocycles. The smallest absolute Gasteiger partial charge is 0.162 e. The Morgan fingerprint density at radius 3 is 0.559 bits per heavy atom. The zero-order valence-corrected chi connectivity index (χ0v) is 93.6. The Morgan fingerprint density at radius 1 is 0.238 bits per heavy atom. The molecule has 4 aliphatic carbocycles. The Bertz CT molecular complexity index is 3450. The minimum absolute atomic E-state index is 0. The summed E-state index contributed by atoms with van der Waals surface area (Å²) in [5.41, 5.74) is 6.39. The Morgan fingerprint density at radius 2 is 0.413 bits per heavy atom. The largest absolute Gasteiger partial charge is 0.365 e. The highest BCUT2D eigenvalue weighted by Crippen LogP contribution is 2.40. The number of Topliss-reactive ketones (excluding diaryl/α,β-unsaturated/α-hetero) is 12. The SMILES string of the molecule is C.C=C1CCCN1[C@@H](CC)C(=O)CC(=O)C1CCC(CCCC)CC1.C=C1CCCN1[C@@H](CC)C(=O)CC(=O)C1CCC(CCCC)CC1.C=C1CCCN1[C@@H](CC)C(=O)CC(=O)C1CCC(CCCC)CC1.C=C1CCCN1[C@@H](CC)C(=O)CC(=O)C1CCC(CCCC)CC1.C=C1CCCN1[C@@H](CC)C(=O)CC(=O)CC[C@@H](CC)CCCC.C=C1CCCN1[C@@H](CC)C(=O)CC(=O)CC[C@H](CC)CCCC. The lowest BCUT2D eigenvalue weighted by Gasteiger charge is -2.30. The molecule has 0 radical (unpaired) electrons. The summed E-state index contributed by atoms with van der Waals surface area (Å²) in [5, 5.41) is 0. The van der Waals surface area contributed by atoms with Crippen LogP contribution in [-0.2, 0) is 57.5 Å². The molecule has 18 nitrogen and oxygen atoms in total. The molecule has 0 aromatic carbocycles. The molecule has 8 atom stereocenters. The summed E-state index contributed by atoms with van der Waals surface area (Å²) in [4.78, 5) is 163. The van der Waals surface area contributed by atoms with E-state index in [4.69, 9.17) is 0 Å². The third-order valence-corrected chi connectivity index (χ3v) is 34.4. The van der Waals surface area contributed by atoms with Crippen LogP contribution in [0.2, 0.25) is 0 Å². The van der Waals surface area contributed by atoms with Gasteiger partial charge in [-0.25, -0.2) is 0 Å². The van der Waals surface area contributed by atoms with Gasteiger partial charge in [-0.1, -0.05) is 272 Å². The van der Waals surface area contributed by atoms with Crippen molar-refractivity contribution in [2.24, 2.45) is 59.2 Å². The van der Waals surface area contributed by atoms with Crippen LogP contribution < -0.4 is 0 Å². The number of carbonyl (C=O) groups excluding carboxylic acids is 12. The first-order valence-corrected chi connectivity index (χ1v) is 59.3. The molecule has 6 heterocycles. The number of carbonyl (C=O) groups is 12. The second-order valence-electron chi connectivity index (χ2n) is 44.9. The van der Waals surface area contributed by atoms with E-state index >= 15 is 0 Å². The predicted octanol–water partition coefficient (Wildman–Crippen LogP) is 30.0. The maximum atomic E-state index is 12.7. The van der Waals surface area contributed by atoms with Crippen molar-refractivity contribution < 1.29 is 57.5 Å². The molecule has 10 aliphatic rings. The number of likely N-dealkylation sites (tertiary alicyclic amines) is 6. The van der Waals surface area contributed by atoms with Crippen LogP contribution >= 0.6 is 0 Å². The summed E-state index contributed by atoms with van der Waals surface area (Å²) in [5.74, 6) is 6.63. The molecule has 10 rings (SSSR count). The van der Waals surface area contributed by atoms with Crippen LogP contribution in [0, 0.1) is 59.2 Å². The Balaban J connectivity index is 0.000000357. The average molecular weight is 1990 g/mol. The lowest BCUT2D eigenvalue weighted by atomic mass is 9.77. The Labute approximate surface area is 874 Å². The average Bonchev–Trinajstić information content (AvgIpc) is 1.61. The number of nitrogens with zero attached hydrogens (tertiary/aromatic N) is 6. The standard InChI is InChI=1S/4C21H35NO2.2C20H35NO2.CH4/c4*1-4-6-9-17-10-12-18(13-11-17)20(23)15-21(24)19(5-2)22-14-7-8-16(22)3;2*1-5-8-11-17(6-2)12-13-18(22)15-20(23)19(7-3)21-14-9-10-16(21)4;/h4*17-19H,3-15H2,1-2H3;2*17,19H,4-15H2,1-3H3;1H4/t4*17?,18?,19-;17-,19+;17-,19-;/m000010./s1. The first-order chi connectivity index (χ1) is 68.3. The van der Waals surface area contributed by atoms with Gasteiger partial charge in [-0.2, -0.15) is 0 Å². The van der Waals surface area contributed by atoms with E-state index in [1.807, 2.05) is 41.5 Å². The third kappa shape index (κ3) is 44.9. The van der Waals surface area contributed by atoms with Gasteiger partial charge in [0.25, 0.3) is 0 Å². The number of rotatable bonds is 60. The molecule has 6 aliphatic heterocycles. The van der Waals surface area contributed by atoms with Crippen molar-refractivity contribution >= 4 is 69.4 Å². The zero-order chi connectivity index (χ0) is 105. The molecule has 4 saturated carbocycles. The van der Waals surface area contributed by atoms with Crippen molar-refractivity contribution in [3.63, 3.8) is 0 Å². The van der Waals surface area contributed by atoms with E-state index < -0.39 is 0 Å². The molecule has 10 fully saturated rings. The van der Waals surface area contributed by atoms with E-state index in [9.17, 15) is 57.5 Å². The number of allylic oxidation sites excluding steroid dienone is 6. The first-order valence-electron chi connectivity index (χ1n) is 59.3. The van der Waals surface area contributed by atoms with Crippen molar-refractivity contribution in [2.75, 3.05) is 39.3 Å². The van der Waals surface area contributed by atoms with Crippen LogP contribution in [0.4, 0.5) is 0 Å². The molecule has 0 spiro atoms. The normalized spacial score (nSPS) is 22.9. The van der Waals surface area contributed by atoms with E-state index in [0.29, 0.717) is 24.7 Å². The van der Waals surface area contributed by atoms with Gasteiger partial charge in [-0.15, -0.1) is 0 Å². The molecule has 0 N–H and O–H groups in total.